The fourth-order valence-electron chi connectivity index (χ4n) is 1.89. The molecule has 0 aromatic heterocycles. The van der Waals surface area contributed by atoms with Gasteiger partial charge in [-0.25, -0.2) is 0 Å². The van der Waals surface area contributed by atoms with E-state index < -0.39 is 0 Å². The van der Waals surface area contributed by atoms with Crippen LogP contribution in [0.4, 0.5) is 0 Å². The Morgan fingerprint density at radius 3 is 2.50 bits per heavy atom. The van der Waals surface area contributed by atoms with Gasteiger partial charge in [-0.3, -0.25) is 0 Å². The van der Waals surface area contributed by atoms with Gasteiger partial charge in [0.25, 0.3) is 0 Å². The zero-order chi connectivity index (χ0) is 5.56. The van der Waals surface area contributed by atoms with E-state index in [9.17, 15) is 0 Å². The summed E-state index contributed by atoms with van der Waals surface area (Å²) in [7, 11) is 0. The van der Waals surface area contributed by atoms with Crippen LogP contribution in [0.3, 0.4) is 0 Å². The first kappa shape index (κ1) is 4.80. The van der Waals surface area contributed by atoms with Gasteiger partial charge in [-0.1, -0.05) is 0 Å². The van der Waals surface area contributed by atoms with E-state index in [1.165, 1.54) is 25.7 Å². The van der Waals surface area contributed by atoms with Crippen molar-refractivity contribution in [1.82, 2.24) is 0 Å². The molecule has 0 aromatic rings. The molecule has 1 heteroatoms. The minimum Gasteiger partial charge on any atom is -0.328 e. The Balaban J connectivity index is 1.93. The molecule has 0 bridgehead atoms. The Labute approximate surface area is 50.3 Å². The Morgan fingerprint density at radius 2 is 1.88 bits per heavy atom. The van der Waals surface area contributed by atoms with Crippen LogP contribution in [-0.2, 0) is 0 Å². The summed E-state index contributed by atoms with van der Waals surface area (Å²) >= 11 is 0. The number of nitrogens with two attached hydrogens (primary N) is 1. The molecule has 0 spiro atoms. The van der Waals surface area contributed by atoms with E-state index in [1.807, 2.05) is 0 Å². The summed E-state index contributed by atoms with van der Waals surface area (Å²) in [6.07, 6.45) is 5.53. The van der Waals surface area contributed by atoms with Gasteiger partial charge in [0.2, 0.25) is 0 Å². The van der Waals surface area contributed by atoms with Gasteiger partial charge in [0.1, 0.15) is 0 Å². The SMILES string of the molecule is N[C@H]1CC[C@@H]2C[C@@H]2C1. The fourth-order valence-corrected chi connectivity index (χ4v) is 1.89. The van der Waals surface area contributed by atoms with Gasteiger partial charge in [0.15, 0.2) is 0 Å². The molecule has 0 saturated heterocycles. The summed E-state index contributed by atoms with van der Waals surface area (Å²) < 4.78 is 0. The number of hydrogen-bond acceptors (Lipinski definition) is 1. The van der Waals surface area contributed by atoms with E-state index in [0.717, 1.165) is 11.8 Å². The predicted octanol–water partition coefficient (Wildman–Crippen LogP) is 1.13. The normalized spacial score (nSPS) is 52.9. The molecule has 2 rings (SSSR count). The lowest BCUT2D eigenvalue weighted by molar-refractivity contribution is 0.422. The molecular weight excluding hydrogens is 98.1 g/mol. The smallest absolute Gasteiger partial charge is 0.00416 e. The zero-order valence-corrected chi connectivity index (χ0v) is 5.14. The van der Waals surface area contributed by atoms with Crippen LogP contribution >= 0.6 is 0 Å². The highest BCUT2D eigenvalue weighted by atomic mass is 14.7. The van der Waals surface area contributed by atoms with Crippen LogP contribution in [0.25, 0.3) is 0 Å². The van der Waals surface area contributed by atoms with Gasteiger partial charge in [-0.2, -0.15) is 0 Å². The Bertz CT molecular complexity index is 101. The molecule has 2 saturated carbocycles. The van der Waals surface area contributed by atoms with Gasteiger partial charge >= 0.3 is 0 Å². The highest BCUT2D eigenvalue weighted by Crippen LogP contribution is 2.48. The van der Waals surface area contributed by atoms with E-state index in [1.54, 1.807) is 0 Å². The van der Waals surface area contributed by atoms with E-state index in [-0.39, 0.29) is 0 Å². The quantitative estimate of drug-likeness (QED) is 0.498. The first-order chi connectivity index (χ1) is 3.86. The Morgan fingerprint density at radius 1 is 1.00 bits per heavy atom. The van der Waals surface area contributed by atoms with Gasteiger partial charge in [-0.05, 0) is 37.5 Å². The summed E-state index contributed by atoms with van der Waals surface area (Å²) in [5, 5.41) is 0. The minimum atomic E-state index is 0.554. The second-order valence-corrected chi connectivity index (χ2v) is 3.33. The highest BCUT2D eigenvalue weighted by molar-refractivity contribution is 4.93. The van der Waals surface area contributed by atoms with Crippen molar-refractivity contribution in [2.75, 3.05) is 0 Å². The van der Waals surface area contributed by atoms with Crippen LogP contribution < -0.4 is 5.73 Å². The zero-order valence-electron chi connectivity index (χ0n) is 5.14. The van der Waals surface area contributed by atoms with Crippen molar-refractivity contribution < 1.29 is 0 Å². The third kappa shape index (κ3) is 0.655. The number of fused-ring (bicyclic) bond motifs is 1. The summed E-state index contributed by atoms with van der Waals surface area (Å²) in [6, 6.07) is 0.554. The van der Waals surface area contributed by atoms with Crippen LogP contribution in [-0.4, -0.2) is 6.04 Å². The molecule has 0 aliphatic heterocycles. The molecule has 0 heterocycles. The maximum atomic E-state index is 5.75. The summed E-state index contributed by atoms with van der Waals surface area (Å²) in [5.74, 6) is 2.16. The molecule has 0 aromatic carbocycles. The monoisotopic (exact) mass is 111 g/mol. The van der Waals surface area contributed by atoms with Crippen LogP contribution in [0.5, 0.6) is 0 Å². The average molecular weight is 111 g/mol. The van der Waals surface area contributed by atoms with Crippen molar-refractivity contribution in [1.29, 1.82) is 0 Å². The van der Waals surface area contributed by atoms with E-state index in [4.69, 9.17) is 5.73 Å². The second-order valence-electron chi connectivity index (χ2n) is 3.33. The summed E-state index contributed by atoms with van der Waals surface area (Å²) in [6.45, 7) is 0. The van der Waals surface area contributed by atoms with Gasteiger partial charge in [0.05, 0.1) is 0 Å². The molecule has 2 N–H and O–H groups in total. The van der Waals surface area contributed by atoms with Crippen molar-refractivity contribution >= 4 is 0 Å². The number of hydrogen-bond donors (Lipinski definition) is 1. The van der Waals surface area contributed by atoms with E-state index in [2.05, 4.69) is 0 Å². The van der Waals surface area contributed by atoms with Crippen LogP contribution in [0, 0.1) is 11.8 Å². The molecule has 3 atom stereocenters. The van der Waals surface area contributed by atoms with E-state index >= 15 is 0 Å². The van der Waals surface area contributed by atoms with Crippen molar-refractivity contribution in [2.24, 2.45) is 17.6 Å². The Hall–Kier alpha value is -0.0400. The molecule has 0 radical (unpaired) electrons. The lowest BCUT2D eigenvalue weighted by atomic mass is 9.97. The average Bonchev–Trinajstić information content (AvgIpc) is 2.43. The lowest BCUT2D eigenvalue weighted by Crippen LogP contribution is -2.23. The topological polar surface area (TPSA) is 26.0 Å². The summed E-state index contributed by atoms with van der Waals surface area (Å²) in [4.78, 5) is 0. The van der Waals surface area contributed by atoms with Crippen LogP contribution in [0.15, 0.2) is 0 Å². The number of rotatable bonds is 0. The van der Waals surface area contributed by atoms with Gasteiger partial charge in [0, 0.05) is 6.04 Å². The first-order valence-electron chi connectivity index (χ1n) is 3.62. The molecule has 1 nitrogen and oxygen atoms in total. The largest absolute Gasteiger partial charge is 0.328 e. The third-order valence-electron chi connectivity index (χ3n) is 2.58. The van der Waals surface area contributed by atoms with Crippen LogP contribution in [0.1, 0.15) is 25.7 Å². The standard InChI is InChI=1S/C7H13N/c8-7-2-1-5-3-6(5)4-7/h5-7H,1-4,8H2/t5-,6-,7+/m1/s1. The van der Waals surface area contributed by atoms with Crippen molar-refractivity contribution in [3.63, 3.8) is 0 Å². The molecule has 2 fully saturated rings. The summed E-state index contributed by atoms with van der Waals surface area (Å²) in [5.41, 5.74) is 5.75. The fraction of sp³-hybridized carbons (Fsp3) is 1.00. The van der Waals surface area contributed by atoms with Crippen molar-refractivity contribution in [2.45, 2.75) is 31.7 Å². The van der Waals surface area contributed by atoms with Crippen molar-refractivity contribution in [3.8, 4) is 0 Å². The first-order valence-corrected chi connectivity index (χ1v) is 3.62. The molecule has 2 aliphatic carbocycles. The molecular formula is C7H13N. The third-order valence-corrected chi connectivity index (χ3v) is 2.58. The predicted molar refractivity (Wildman–Crippen MR) is 33.4 cm³/mol. The lowest BCUT2D eigenvalue weighted by Gasteiger charge is -2.15. The Kier molecular flexibility index (Phi) is 0.884. The molecule has 0 unspecified atom stereocenters. The molecule has 46 valence electrons. The second kappa shape index (κ2) is 1.47. The van der Waals surface area contributed by atoms with Crippen molar-refractivity contribution in [3.05, 3.63) is 0 Å². The molecule has 8 heavy (non-hydrogen) atoms. The van der Waals surface area contributed by atoms with Crippen LogP contribution in [0.2, 0.25) is 0 Å². The van der Waals surface area contributed by atoms with Gasteiger partial charge in [-0.15, -0.1) is 0 Å². The minimum absolute atomic E-state index is 0.554. The van der Waals surface area contributed by atoms with Gasteiger partial charge < -0.3 is 5.73 Å². The van der Waals surface area contributed by atoms with E-state index in [0.29, 0.717) is 6.04 Å². The maximum Gasteiger partial charge on any atom is 0.00416 e. The molecule has 2 aliphatic rings. The molecule has 0 amide bonds. The maximum absolute atomic E-state index is 5.75. The highest BCUT2D eigenvalue weighted by Gasteiger charge is 2.40.